The lowest BCUT2D eigenvalue weighted by Gasteiger charge is -2.30. The maximum absolute atomic E-state index is 12.3. The normalized spacial score (nSPS) is 21.5. The molecule has 22 heavy (non-hydrogen) atoms. The molecule has 0 radical (unpaired) electrons. The van der Waals surface area contributed by atoms with Crippen molar-refractivity contribution >= 4 is 5.91 Å². The summed E-state index contributed by atoms with van der Waals surface area (Å²) in [5, 5.41) is 16.2. The average Bonchev–Trinajstić information content (AvgIpc) is 3.06. The van der Waals surface area contributed by atoms with Gasteiger partial charge in [0.1, 0.15) is 0 Å². The van der Waals surface area contributed by atoms with Gasteiger partial charge in [-0.15, -0.1) is 0 Å². The van der Waals surface area contributed by atoms with E-state index in [1.807, 2.05) is 6.07 Å². The maximum Gasteiger partial charge on any atom is 0.273 e. The number of nitrogens with one attached hydrogen (secondary N) is 1. The topological polar surface area (TPSA) is 88.2 Å². The van der Waals surface area contributed by atoms with Crippen molar-refractivity contribution in [2.24, 2.45) is 5.92 Å². The smallest absolute Gasteiger partial charge is 0.273 e. The summed E-state index contributed by atoms with van der Waals surface area (Å²) in [6.07, 6.45) is 7.34. The van der Waals surface area contributed by atoms with Crippen molar-refractivity contribution in [1.29, 1.82) is 0 Å². The van der Waals surface area contributed by atoms with Crippen molar-refractivity contribution in [3.05, 3.63) is 36.3 Å². The molecule has 2 aromatic rings. The van der Waals surface area contributed by atoms with E-state index in [1.165, 1.54) is 0 Å². The molecule has 6 nitrogen and oxygen atoms in total. The molecule has 2 heterocycles. The second kappa shape index (κ2) is 6.70. The summed E-state index contributed by atoms with van der Waals surface area (Å²) in [5.74, 6) is 0.382. The van der Waals surface area contributed by atoms with Crippen molar-refractivity contribution in [1.82, 2.24) is 15.5 Å². The molecule has 0 bridgehead atoms. The third kappa shape index (κ3) is 3.17. The Kier molecular flexibility index (Phi) is 4.48. The first-order valence-electron chi connectivity index (χ1n) is 7.57. The van der Waals surface area contributed by atoms with Crippen molar-refractivity contribution in [3.63, 3.8) is 0 Å². The predicted octanol–water partition coefficient (Wildman–Crippen LogP) is 2.02. The van der Waals surface area contributed by atoms with E-state index in [2.05, 4.69) is 15.5 Å². The van der Waals surface area contributed by atoms with Gasteiger partial charge in [-0.2, -0.15) is 0 Å². The van der Waals surface area contributed by atoms with E-state index in [0.717, 1.165) is 31.2 Å². The van der Waals surface area contributed by atoms with Crippen LogP contribution in [0.15, 0.2) is 35.1 Å². The van der Waals surface area contributed by atoms with E-state index in [0.29, 0.717) is 5.76 Å². The van der Waals surface area contributed by atoms with E-state index in [1.54, 1.807) is 24.5 Å². The number of amides is 1. The van der Waals surface area contributed by atoms with Crippen molar-refractivity contribution in [2.75, 3.05) is 6.61 Å². The predicted molar refractivity (Wildman–Crippen MR) is 80.0 cm³/mol. The summed E-state index contributed by atoms with van der Waals surface area (Å²) in [5.41, 5.74) is 1.03. The summed E-state index contributed by atoms with van der Waals surface area (Å²) in [6.45, 7) is 0.102. The van der Waals surface area contributed by atoms with Crippen LogP contribution in [0, 0.1) is 5.92 Å². The summed E-state index contributed by atoms with van der Waals surface area (Å²) in [4.78, 5) is 16.3. The number of aliphatic hydroxyl groups is 1. The van der Waals surface area contributed by atoms with Gasteiger partial charge in [0.05, 0.1) is 0 Å². The van der Waals surface area contributed by atoms with Crippen LogP contribution in [0.4, 0.5) is 0 Å². The minimum absolute atomic E-state index is 0.00444. The fraction of sp³-hybridized carbons (Fsp3) is 0.438. The molecule has 3 rings (SSSR count). The SMILES string of the molecule is O=C(NC1CCCCC1CO)c1cc(-c2cccnc2)on1. The van der Waals surface area contributed by atoms with Crippen LogP contribution >= 0.6 is 0 Å². The van der Waals surface area contributed by atoms with Gasteiger partial charge in [0.15, 0.2) is 11.5 Å². The molecule has 1 saturated carbocycles. The van der Waals surface area contributed by atoms with Gasteiger partial charge in [-0.1, -0.05) is 18.0 Å². The molecular weight excluding hydrogens is 282 g/mol. The minimum Gasteiger partial charge on any atom is -0.396 e. The third-order valence-electron chi connectivity index (χ3n) is 4.15. The standard InChI is InChI=1S/C16H19N3O3/c20-10-12-4-1-2-6-13(12)18-16(21)14-8-15(22-19-14)11-5-3-7-17-9-11/h3,5,7-9,12-13,20H,1-2,4,6,10H2,(H,18,21). The highest BCUT2D eigenvalue weighted by Crippen LogP contribution is 2.24. The quantitative estimate of drug-likeness (QED) is 0.902. The zero-order valence-corrected chi connectivity index (χ0v) is 12.2. The molecule has 2 atom stereocenters. The Labute approximate surface area is 128 Å². The number of hydrogen-bond acceptors (Lipinski definition) is 5. The van der Waals surface area contributed by atoms with E-state index in [-0.39, 0.29) is 30.2 Å². The van der Waals surface area contributed by atoms with E-state index in [4.69, 9.17) is 4.52 Å². The fourth-order valence-electron chi connectivity index (χ4n) is 2.89. The number of aliphatic hydroxyl groups excluding tert-OH is 1. The highest BCUT2D eigenvalue weighted by Gasteiger charge is 2.27. The molecule has 0 saturated heterocycles. The van der Waals surface area contributed by atoms with Crippen LogP contribution in [0.25, 0.3) is 11.3 Å². The summed E-state index contributed by atoms with van der Waals surface area (Å²) < 4.78 is 5.21. The zero-order valence-electron chi connectivity index (χ0n) is 12.2. The van der Waals surface area contributed by atoms with Crippen LogP contribution in [0.5, 0.6) is 0 Å². The Bertz CT molecular complexity index is 627. The van der Waals surface area contributed by atoms with Gasteiger partial charge in [-0.05, 0) is 25.0 Å². The van der Waals surface area contributed by atoms with Gasteiger partial charge >= 0.3 is 0 Å². The van der Waals surface area contributed by atoms with Crippen LogP contribution in [0.2, 0.25) is 0 Å². The van der Waals surface area contributed by atoms with Crippen LogP contribution in [-0.4, -0.2) is 33.8 Å². The molecule has 1 aliphatic carbocycles. The number of rotatable bonds is 4. The number of pyridine rings is 1. The lowest BCUT2D eigenvalue weighted by Crippen LogP contribution is -2.43. The lowest BCUT2D eigenvalue weighted by molar-refractivity contribution is 0.0864. The molecule has 1 amide bonds. The number of hydrogen-bond donors (Lipinski definition) is 2. The average molecular weight is 301 g/mol. The summed E-state index contributed by atoms with van der Waals surface area (Å²) in [6, 6.07) is 5.26. The van der Waals surface area contributed by atoms with E-state index < -0.39 is 0 Å². The van der Waals surface area contributed by atoms with Crippen molar-refractivity contribution < 1.29 is 14.4 Å². The van der Waals surface area contributed by atoms with Crippen molar-refractivity contribution in [2.45, 2.75) is 31.7 Å². The molecule has 6 heteroatoms. The molecule has 0 spiro atoms. The molecular formula is C16H19N3O3. The third-order valence-corrected chi connectivity index (χ3v) is 4.15. The molecule has 1 fully saturated rings. The largest absolute Gasteiger partial charge is 0.396 e. The minimum atomic E-state index is -0.260. The van der Waals surface area contributed by atoms with Gasteiger partial charge in [-0.3, -0.25) is 9.78 Å². The molecule has 116 valence electrons. The maximum atomic E-state index is 12.3. The molecule has 1 aliphatic rings. The number of nitrogens with zero attached hydrogens (tertiary/aromatic N) is 2. The molecule has 2 unspecified atom stereocenters. The van der Waals surface area contributed by atoms with Gasteiger partial charge in [-0.25, -0.2) is 0 Å². The first kappa shape index (κ1) is 14.7. The molecule has 2 N–H and O–H groups in total. The Morgan fingerprint density at radius 3 is 3.05 bits per heavy atom. The Hall–Kier alpha value is -2.21. The Morgan fingerprint density at radius 1 is 1.41 bits per heavy atom. The van der Waals surface area contributed by atoms with Crippen LogP contribution in [0.1, 0.15) is 36.2 Å². The van der Waals surface area contributed by atoms with Gasteiger partial charge in [0, 0.05) is 42.6 Å². The second-order valence-corrected chi connectivity index (χ2v) is 5.63. The Balaban J connectivity index is 1.69. The van der Waals surface area contributed by atoms with Crippen LogP contribution in [0.3, 0.4) is 0 Å². The monoisotopic (exact) mass is 301 g/mol. The first-order valence-corrected chi connectivity index (χ1v) is 7.57. The highest BCUT2D eigenvalue weighted by molar-refractivity contribution is 5.93. The summed E-state index contributed by atoms with van der Waals surface area (Å²) >= 11 is 0. The van der Waals surface area contributed by atoms with E-state index in [9.17, 15) is 9.90 Å². The Morgan fingerprint density at radius 2 is 2.27 bits per heavy atom. The van der Waals surface area contributed by atoms with Gasteiger partial charge in [0.2, 0.25) is 0 Å². The fourth-order valence-corrected chi connectivity index (χ4v) is 2.89. The zero-order chi connectivity index (χ0) is 15.4. The van der Waals surface area contributed by atoms with Crippen LogP contribution < -0.4 is 5.32 Å². The van der Waals surface area contributed by atoms with Gasteiger partial charge < -0.3 is 14.9 Å². The highest BCUT2D eigenvalue weighted by atomic mass is 16.5. The second-order valence-electron chi connectivity index (χ2n) is 5.63. The first-order chi connectivity index (χ1) is 10.8. The molecule has 0 aromatic carbocycles. The molecule has 2 aromatic heterocycles. The lowest BCUT2D eigenvalue weighted by atomic mass is 9.85. The molecule has 0 aliphatic heterocycles. The van der Waals surface area contributed by atoms with Gasteiger partial charge in [0.25, 0.3) is 5.91 Å². The van der Waals surface area contributed by atoms with Crippen molar-refractivity contribution in [3.8, 4) is 11.3 Å². The number of carbonyl (C=O) groups is 1. The number of carbonyl (C=O) groups excluding carboxylic acids is 1. The number of aromatic nitrogens is 2. The van der Waals surface area contributed by atoms with E-state index >= 15 is 0 Å². The summed E-state index contributed by atoms with van der Waals surface area (Å²) in [7, 11) is 0. The van der Waals surface area contributed by atoms with Crippen LogP contribution in [-0.2, 0) is 0 Å².